The van der Waals surface area contributed by atoms with Crippen molar-refractivity contribution in [3.05, 3.63) is 70.9 Å². The van der Waals surface area contributed by atoms with Gasteiger partial charge in [0.1, 0.15) is 16.6 Å². The number of hydrogen-bond donors (Lipinski definition) is 2. The fourth-order valence-electron chi connectivity index (χ4n) is 2.32. The smallest absolute Gasteiger partial charge is 0.162 e. The molecule has 2 aromatic carbocycles. The highest BCUT2D eigenvalue weighted by Crippen LogP contribution is 2.28. The summed E-state index contributed by atoms with van der Waals surface area (Å²) in [5, 5.41) is 23.1. The van der Waals surface area contributed by atoms with Crippen LogP contribution in [0, 0.1) is 11.3 Å². The molecule has 0 aliphatic rings. The molecule has 3 aromatic rings. The van der Waals surface area contributed by atoms with E-state index in [0.717, 1.165) is 28.2 Å². The minimum absolute atomic E-state index is 0.187. The lowest BCUT2D eigenvalue weighted by Gasteiger charge is -2.13. The minimum atomic E-state index is -0.692. The van der Waals surface area contributed by atoms with Crippen LogP contribution in [-0.4, -0.2) is 16.0 Å². The minimum Gasteiger partial charge on any atom is -0.387 e. The van der Waals surface area contributed by atoms with Crippen LogP contribution in [0.25, 0.3) is 11.1 Å². The molecule has 0 bridgehead atoms. The lowest BCUT2D eigenvalue weighted by molar-refractivity contribution is 0.192. The van der Waals surface area contributed by atoms with Crippen molar-refractivity contribution in [2.75, 3.05) is 11.9 Å². The van der Waals surface area contributed by atoms with E-state index in [1.54, 1.807) is 0 Å². The molecule has 1 heterocycles. The highest BCUT2D eigenvalue weighted by atomic mass is 35.5. The third-order valence-corrected chi connectivity index (χ3v) is 4.80. The summed E-state index contributed by atoms with van der Waals surface area (Å²) in [5.41, 5.74) is 3.35. The number of aromatic nitrogens is 1. The maximum atomic E-state index is 10.3. The molecule has 0 amide bonds. The van der Waals surface area contributed by atoms with Crippen LogP contribution in [0.2, 0.25) is 5.15 Å². The van der Waals surface area contributed by atoms with E-state index in [0.29, 0.717) is 10.6 Å². The van der Waals surface area contributed by atoms with Gasteiger partial charge in [0.2, 0.25) is 0 Å². The molecule has 3 rings (SSSR count). The van der Waals surface area contributed by atoms with E-state index in [1.807, 2.05) is 60.7 Å². The second kappa shape index (κ2) is 7.45. The Balaban J connectivity index is 1.67. The predicted molar refractivity (Wildman–Crippen MR) is 97.2 cm³/mol. The largest absolute Gasteiger partial charge is 0.387 e. The molecule has 0 aliphatic heterocycles. The first-order valence-electron chi connectivity index (χ1n) is 7.31. The fraction of sp³-hybridized carbons (Fsp3) is 0.111. The Morgan fingerprint density at radius 2 is 1.79 bits per heavy atom. The molecule has 0 spiro atoms. The summed E-state index contributed by atoms with van der Waals surface area (Å²) in [7, 11) is 0. The molecule has 2 N–H and O–H groups in total. The molecule has 24 heavy (non-hydrogen) atoms. The van der Waals surface area contributed by atoms with Crippen LogP contribution in [0.5, 0.6) is 0 Å². The van der Waals surface area contributed by atoms with Crippen molar-refractivity contribution in [3.8, 4) is 17.2 Å². The van der Waals surface area contributed by atoms with Crippen LogP contribution in [-0.2, 0) is 0 Å². The number of nitrogens with one attached hydrogen (secondary N) is 1. The van der Waals surface area contributed by atoms with Crippen molar-refractivity contribution in [3.63, 3.8) is 0 Å². The van der Waals surface area contributed by atoms with E-state index >= 15 is 0 Å². The molecule has 120 valence electrons. The summed E-state index contributed by atoms with van der Waals surface area (Å²) < 4.78 is 3.92. The monoisotopic (exact) mass is 355 g/mol. The number of halogens is 1. The molecule has 0 aliphatic carbocycles. The summed E-state index contributed by atoms with van der Waals surface area (Å²) in [6.45, 7) is 0.276. The van der Waals surface area contributed by atoms with E-state index in [-0.39, 0.29) is 11.7 Å². The molecular formula is C18H14ClN3OS. The van der Waals surface area contributed by atoms with Crippen LogP contribution >= 0.6 is 23.1 Å². The Morgan fingerprint density at radius 1 is 1.12 bits per heavy atom. The first kappa shape index (κ1) is 16.5. The Bertz CT molecular complexity index is 856. The third-order valence-electron chi connectivity index (χ3n) is 3.62. The zero-order valence-corrected chi connectivity index (χ0v) is 14.2. The first-order valence-corrected chi connectivity index (χ1v) is 8.46. The molecular weight excluding hydrogens is 342 g/mol. The third kappa shape index (κ3) is 3.57. The van der Waals surface area contributed by atoms with Crippen molar-refractivity contribution in [1.29, 1.82) is 5.26 Å². The SMILES string of the molecule is N#Cc1c(Cl)nsc1NCC(O)c1ccc(-c2ccccc2)cc1. The number of aliphatic hydroxyl groups is 1. The van der Waals surface area contributed by atoms with E-state index in [4.69, 9.17) is 16.9 Å². The molecule has 1 aromatic heterocycles. The summed E-state index contributed by atoms with van der Waals surface area (Å²) >= 11 is 6.94. The van der Waals surface area contributed by atoms with Crippen LogP contribution in [0.3, 0.4) is 0 Å². The van der Waals surface area contributed by atoms with Crippen molar-refractivity contribution in [1.82, 2.24) is 4.37 Å². The zero-order valence-electron chi connectivity index (χ0n) is 12.6. The number of anilines is 1. The molecule has 6 heteroatoms. The summed E-state index contributed by atoms with van der Waals surface area (Å²) in [6, 6.07) is 19.8. The van der Waals surface area contributed by atoms with Crippen molar-refractivity contribution >= 4 is 28.1 Å². The molecule has 0 fully saturated rings. The van der Waals surface area contributed by atoms with Gasteiger partial charge >= 0.3 is 0 Å². The van der Waals surface area contributed by atoms with E-state index in [9.17, 15) is 5.11 Å². The average Bonchev–Trinajstić information content (AvgIpc) is 3.00. The Hall–Kier alpha value is -2.39. The molecule has 0 saturated carbocycles. The number of rotatable bonds is 5. The second-order valence-electron chi connectivity index (χ2n) is 5.17. The van der Waals surface area contributed by atoms with Crippen molar-refractivity contribution < 1.29 is 5.11 Å². The zero-order chi connectivity index (χ0) is 16.9. The Kier molecular flexibility index (Phi) is 5.11. The number of hydrogen-bond acceptors (Lipinski definition) is 5. The lowest BCUT2D eigenvalue weighted by Crippen LogP contribution is -2.11. The van der Waals surface area contributed by atoms with Gasteiger partial charge in [-0.1, -0.05) is 66.2 Å². The van der Waals surface area contributed by atoms with Gasteiger partial charge in [-0.05, 0) is 28.2 Å². The number of aliphatic hydroxyl groups excluding tert-OH is 1. The van der Waals surface area contributed by atoms with Gasteiger partial charge in [-0.2, -0.15) is 9.64 Å². The van der Waals surface area contributed by atoms with Gasteiger partial charge in [0.25, 0.3) is 0 Å². The van der Waals surface area contributed by atoms with E-state index in [2.05, 4.69) is 9.69 Å². The van der Waals surface area contributed by atoms with Gasteiger partial charge in [0.05, 0.1) is 6.10 Å². The van der Waals surface area contributed by atoms with Crippen LogP contribution in [0.1, 0.15) is 17.2 Å². The predicted octanol–water partition coefficient (Wildman–Crippen LogP) is 4.48. The van der Waals surface area contributed by atoms with Crippen molar-refractivity contribution in [2.45, 2.75) is 6.10 Å². The highest BCUT2D eigenvalue weighted by Gasteiger charge is 2.14. The fourth-order valence-corrected chi connectivity index (χ4v) is 3.26. The van der Waals surface area contributed by atoms with Gasteiger partial charge < -0.3 is 10.4 Å². The molecule has 0 radical (unpaired) electrons. The molecule has 4 nitrogen and oxygen atoms in total. The molecule has 1 atom stereocenters. The molecule has 1 unspecified atom stereocenters. The standard InChI is InChI=1S/C18H14ClN3OS/c19-17-15(10-20)18(24-22-17)21-11-16(23)14-8-6-13(7-9-14)12-4-2-1-3-5-12/h1-9,16,21,23H,11H2. The number of nitriles is 1. The first-order chi connectivity index (χ1) is 11.7. The van der Waals surface area contributed by atoms with Gasteiger partial charge in [-0.25, -0.2) is 0 Å². The maximum absolute atomic E-state index is 10.3. The normalized spacial score (nSPS) is 11.7. The van der Waals surface area contributed by atoms with Crippen LogP contribution in [0.15, 0.2) is 54.6 Å². The quantitative estimate of drug-likeness (QED) is 0.708. The number of nitrogens with zero attached hydrogens (tertiary/aromatic N) is 2. The Labute approximate surface area is 149 Å². The second-order valence-corrected chi connectivity index (χ2v) is 6.31. The summed E-state index contributed by atoms with van der Waals surface area (Å²) in [4.78, 5) is 0. The molecule has 0 saturated heterocycles. The van der Waals surface area contributed by atoms with Crippen LogP contribution in [0.4, 0.5) is 5.00 Å². The maximum Gasteiger partial charge on any atom is 0.162 e. The van der Waals surface area contributed by atoms with Gasteiger partial charge in [0.15, 0.2) is 5.15 Å². The highest BCUT2D eigenvalue weighted by molar-refractivity contribution is 7.10. The van der Waals surface area contributed by atoms with Gasteiger partial charge in [-0.3, -0.25) is 0 Å². The van der Waals surface area contributed by atoms with Gasteiger partial charge in [-0.15, -0.1) is 0 Å². The van der Waals surface area contributed by atoms with E-state index < -0.39 is 6.10 Å². The van der Waals surface area contributed by atoms with Crippen LogP contribution < -0.4 is 5.32 Å². The topological polar surface area (TPSA) is 68.9 Å². The summed E-state index contributed by atoms with van der Waals surface area (Å²) in [5.74, 6) is 0. The van der Waals surface area contributed by atoms with E-state index in [1.165, 1.54) is 0 Å². The van der Waals surface area contributed by atoms with Gasteiger partial charge in [0, 0.05) is 6.54 Å². The van der Waals surface area contributed by atoms with Crippen molar-refractivity contribution in [2.24, 2.45) is 0 Å². The average molecular weight is 356 g/mol. The Morgan fingerprint density at radius 3 is 2.46 bits per heavy atom. The summed E-state index contributed by atoms with van der Waals surface area (Å²) in [6.07, 6.45) is -0.692. The lowest BCUT2D eigenvalue weighted by atomic mass is 10.0. The number of benzene rings is 2.